The van der Waals surface area contributed by atoms with Gasteiger partial charge in [0.1, 0.15) is 35.2 Å². The molecule has 9 aromatic carbocycles. The molecular formula is C77H74N4O2. The van der Waals surface area contributed by atoms with E-state index in [4.69, 9.17) is 14.1 Å². The SMILES string of the molecule is [2H]c1nc(-n2c3cc(Oc4cccc(N5CN(c6c(-c7ccccc7)cc(C(C)(C)C)cc6-c6ccccc6)c6ccccc65)c4)ccc3c3c4oc5ccccc5c4ccc32)cc(C([2H])([2H])C(C)(C)C)c1-c1cc(C(C)(C)C)cc(C(C)(C)C)c1. The first-order chi connectivity index (χ1) is 40.8. The van der Waals surface area contributed by atoms with Crippen LogP contribution in [0.4, 0.5) is 22.7 Å². The molecule has 0 atom stereocenters. The number of ether oxygens (including phenoxy) is 1. The molecule has 1 aliphatic heterocycles. The van der Waals surface area contributed by atoms with Gasteiger partial charge >= 0.3 is 0 Å². The zero-order valence-corrected chi connectivity index (χ0v) is 49.9. The van der Waals surface area contributed by atoms with Crippen LogP contribution in [0.25, 0.3) is 82.9 Å². The Kier molecular flexibility index (Phi) is 12.0. The van der Waals surface area contributed by atoms with Crippen LogP contribution in [-0.2, 0) is 22.6 Å². The number of hydrogen-bond acceptors (Lipinski definition) is 5. The highest BCUT2D eigenvalue weighted by Crippen LogP contribution is 2.52. The predicted molar refractivity (Wildman–Crippen MR) is 350 cm³/mol. The third-order valence-electron chi connectivity index (χ3n) is 16.3. The summed E-state index contributed by atoms with van der Waals surface area (Å²) < 4.78 is 45.9. The fourth-order valence-corrected chi connectivity index (χ4v) is 12.0. The van der Waals surface area contributed by atoms with Crippen molar-refractivity contribution in [2.24, 2.45) is 5.41 Å². The number of furan rings is 1. The van der Waals surface area contributed by atoms with E-state index in [0.29, 0.717) is 35.1 Å². The molecule has 83 heavy (non-hydrogen) atoms. The minimum atomic E-state index is -1.91. The maximum absolute atomic E-state index is 10.0. The van der Waals surface area contributed by atoms with E-state index < -0.39 is 11.8 Å². The van der Waals surface area contributed by atoms with Gasteiger partial charge in [-0.1, -0.05) is 198 Å². The summed E-state index contributed by atoms with van der Waals surface area (Å²) in [6, 6.07) is 70.2. The Hall–Kier alpha value is -8.87. The Balaban J connectivity index is 0.957. The minimum absolute atomic E-state index is 0.00266. The molecular weight excluding hydrogens is 1010 g/mol. The number of pyridine rings is 1. The fraction of sp³-hybridized carbons (Fsp3) is 0.234. The molecule has 3 aromatic heterocycles. The predicted octanol–water partition coefficient (Wildman–Crippen LogP) is 21.6. The third kappa shape index (κ3) is 9.92. The van der Waals surface area contributed by atoms with Gasteiger partial charge in [-0.2, -0.15) is 0 Å². The van der Waals surface area contributed by atoms with Crippen molar-refractivity contribution in [3.05, 3.63) is 229 Å². The van der Waals surface area contributed by atoms with Crippen LogP contribution in [0.5, 0.6) is 11.5 Å². The van der Waals surface area contributed by atoms with E-state index in [1.54, 1.807) is 0 Å². The Morgan fingerprint density at radius 3 is 1.71 bits per heavy atom. The van der Waals surface area contributed by atoms with E-state index >= 15 is 0 Å². The van der Waals surface area contributed by atoms with Crippen molar-refractivity contribution >= 4 is 66.5 Å². The number of hydrogen-bond donors (Lipinski definition) is 0. The number of nitrogens with zero attached hydrogens (tertiary/aromatic N) is 4. The molecule has 0 saturated carbocycles. The average Bonchev–Trinajstić information content (AvgIpc) is 1.51. The van der Waals surface area contributed by atoms with Gasteiger partial charge in [-0.25, -0.2) is 4.98 Å². The van der Waals surface area contributed by atoms with Crippen molar-refractivity contribution in [2.45, 2.75) is 106 Å². The number of fused-ring (bicyclic) bond motifs is 8. The topological polar surface area (TPSA) is 46.7 Å². The largest absolute Gasteiger partial charge is 0.457 e. The monoisotopic (exact) mass is 1090 g/mol. The van der Waals surface area contributed by atoms with Crippen LogP contribution in [0.15, 0.2) is 211 Å². The second-order valence-corrected chi connectivity index (χ2v) is 26.6. The van der Waals surface area contributed by atoms with Gasteiger partial charge in [-0.3, -0.25) is 4.57 Å². The van der Waals surface area contributed by atoms with Gasteiger partial charge in [-0.05, 0) is 140 Å². The Labute approximate surface area is 493 Å². The molecule has 0 bridgehead atoms. The van der Waals surface area contributed by atoms with E-state index in [1.165, 1.54) is 16.7 Å². The van der Waals surface area contributed by atoms with E-state index in [-0.39, 0.29) is 22.4 Å². The molecule has 0 amide bonds. The molecule has 0 N–H and O–H groups in total. The van der Waals surface area contributed by atoms with Crippen LogP contribution < -0.4 is 14.5 Å². The van der Waals surface area contributed by atoms with Gasteiger partial charge in [0, 0.05) is 59.6 Å². The lowest BCUT2D eigenvalue weighted by Crippen LogP contribution is -2.25. The van der Waals surface area contributed by atoms with Crippen molar-refractivity contribution < 1.29 is 13.3 Å². The number of aromatic nitrogens is 2. The molecule has 0 spiro atoms. The minimum Gasteiger partial charge on any atom is -0.457 e. The Morgan fingerprint density at radius 1 is 0.494 bits per heavy atom. The van der Waals surface area contributed by atoms with Crippen molar-refractivity contribution in [3.8, 4) is 50.7 Å². The van der Waals surface area contributed by atoms with Crippen LogP contribution >= 0.6 is 0 Å². The maximum Gasteiger partial charge on any atom is 0.145 e. The summed E-state index contributed by atoms with van der Waals surface area (Å²) in [6.07, 6.45) is -1.91. The van der Waals surface area contributed by atoms with E-state index in [0.717, 1.165) is 94.3 Å². The second kappa shape index (κ2) is 19.9. The smallest absolute Gasteiger partial charge is 0.145 e. The lowest BCUT2D eigenvalue weighted by Gasteiger charge is -2.30. The van der Waals surface area contributed by atoms with E-state index in [9.17, 15) is 4.11 Å². The second-order valence-electron chi connectivity index (χ2n) is 26.6. The number of anilines is 4. The van der Waals surface area contributed by atoms with Gasteiger partial charge in [0.05, 0.1) is 34.9 Å². The maximum atomic E-state index is 10.0. The number of benzene rings is 9. The van der Waals surface area contributed by atoms with E-state index in [1.807, 2.05) is 63.2 Å². The van der Waals surface area contributed by atoms with Crippen LogP contribution in [0, 0.1) is 5.41 Å². The lowest BCUT2D eigenvalue weighted by molar-refractivity contribution is 0.411. The standard InChI is InChI=1S/C77H74N4O2/c1-74(2,3)46-52-40-70(78-47-64(52)51-38-53(75(4,5)6)41-54(39-51)76(7,8)9)81-67-37-36-60-59-30-19-22-33-69(59)83-73(60)71(67)61-35-34-58(45-68(61)81)82-57-29-23-28-56(44-57)79-48-80(66-32-21-20-31-65(66)79)72-62(49-24-15-13-16-25-49)42-55(77(10,11)12)43-63(72)50-26-17-14-18-27-50/h13-45,47H,46,48H2,1-12H3/i46D2,47D. The molecule has 13 rings (SSSR count). The molecule has 0 saturated heterocycles. The summed E-state index contributed by atoms with van der Waals surface area (Å²) in [7, 11) is 0. The zero-order chi connectivity index (χ0) is 60.4. The van der Waals surface area contributed by atoms with Gasteiger partial charge in [0.2, 0.25) is 0 Å². The van der Waals surface area contributed by atoms with Gasteiger partial charge in [-0.15, -0.1) is 0 Å². The molecule has 0 radical (unpaired) electrons. The molecule has 0 fully saturated rings. The quantitative estimate of drug-likeness (QED) is 0.144. The molecule has 1 aliphatic rings. The first kappa shape index (κ1) is 49.9. The first-order valence-corrected chi connectivity index (χ1v) is 29.1. The normalized spacial score (nSPS) is 14.0. The van der Waals surface area contributed by atoms with Crippen LogP contribution in [0.2, 0.25) is 0 Å². The summed E-state index contributed by atoms with van der Waals surface area (Å²) in [5.41, 5.74) is 15.9. The highest BCUT2D eigenvalue weighted by molar-refractivity contribution is 6.24. The first-order valence-electron chi connectivity index (χ1n) is 30.6. The molecule has 4 heterocycles. The lowest BCUT2D eigenvalue weighted by atomic mass is 9.78. The average molecular weight is 1090 g/mol. The summed E-state index contributed by atoms with van der Waals surface area (Å²) >= 11 is 0. The van der Waals surface area contributed by atoms with Crippen LogP contribution in [0.1, 0.15) is 109 Å². The Morgan fingerprint density at radius 2 is 1.07 bits per heavy atom. The summed E-state index contributed by atoms with van der Waals surface area (Å²) in [5, 5.41) is 3.81. The van der Waals surface area contributed by atoms with Crippen molar-refractivity contribution in [2.75, 3.05) is 16.5 Å². The van der Waals surface area contributed by atoms with Crippen molar-refractivity contribution in [1.29, 1.82) is 0 Å². The molecule has 414 valence electrons. The van der Waals surface area contributed by atoms with Gasteiger partial charge < -0.3 is 19.0 Å². The highest BCUT2D eigenvalue weighted by Gasteiger charge is 2.33. The summed E-state index contributed by atoms with van der Waals surface area (Å²) in [4.78, 5) is 10.1. The fourth-order valence-electron chi connectivity index (χ4n) is 12.0. The van der Waals surface area contributed by atoms with Crippen LogP contribution in [0.3, 0.4) is 0 Å². The molecule has 0 unspecified atom stereocenters. The van der Waals surface area contributed by atoms with Crippen LogP contribution in [-0.4, -0.2) is 16.2 Å². The molecule has 6 nitrogen and oxygen atoms in total. The zero-order valence-electron chi connectivity index (χ0n) is 52.9. The van der Waals surface area contributed by atoms with Crippen molar-refractivity contribution in [1.82, 2.24) is 9.55 Å². The van der Waals surface area contributed by atoms with Gasteiger partial charge in [0.15, 0.2) is 0 Å². The number of rotatable bonds is 9. The molecule has 12 aromatic rings. The molecule has 6 heteroatoms. The summed E-state index contributed by atoms with van der Waals surface area (Å²) in [6.45, 7) is 26.4. The highest BCUT2D eigenvalue weighted by atomic mass is 16.5. The number of para-hydroxylation sites is 3. The van der Waals surface area contributed by atoms with Gasteiger partial charge in [0.25, 0.3) is 0 Å². The van der Waals surface area contributed by atoms with E-state index in [2.05, 4.69) is 234 Å². The summed E-state index contributed by atoms with van der Waals surface area (Å²) in [5.74, 6) is 1.69. The Bertz CT molecular complexity index is 4530. The van der Waals surface area contributed by atoms with Crippen molar-refractivity contribution in [3.63, 3.8) is 0 Å². The molecule has 0 aliphatic carbocycles. The third-order valence-corrected chi connectivity index (χ3v) is 16.3.